The van der Waals surface area contributed by atoms with E-state index in [0.717, 1.165) is 53.6 Å². The van der Waals surface area contributed by atoms with Gasteiger partial charge in [-0.25, -0.2) is 9.59 Å². The number of carboxylic acid groups (broad SMARTS) is 1. The molecule has 4 aromatic rings. The molecule has 2 heterocycles. The number of H-pyrrole nitrogens is 1. The summed E-state index contributed by atoms with van der Waals surface area (Å²) in [6.07, 6.45) is -2.18. The van der Waals surface area contributed by atoms with Crippen molar-refractivity contribution in [1.29, 1.82) is 0 Å². The van der Waals surface area contributed by atoms with Gasteiger partial charge in [0.15, 0.2) is 0 Å². The number of aliphatic carboxylic acids is 1. The van der Waals surface area contributed by atoms with E-state index in [1.165, 1.54) is 0 Å². The van der Waals surface area contributed by atoms with Crippen LogP contribution in [0.25, 0.3) is 27.5 Å². The summed E-state index contributed by atoms with van der Waals surface area (Å²) in [6, 6.07) is 21.6. The fourth-order valence-electron chi connectivity index (χ4n) is 4.48. The number of para-hydroxylation sites is 2. The van der Waals surface area contributed by atoms with Gasteiger partial charge < -0.3 is 15.4 Å². The zero-order chi connectivity index (χ0) is 28.2. The number of aromatic nitrogens is 2. The van der Waals surface area contributed by atoms with Crippen LogP contribution in [-0.4, -0.2) is 63.3 Å². The Balaban J connectivity index is 0.000000448. The number of imidazole rings is 1. The molecule has 0 saturated heterocycles. The van der Waals surface area contributed by atoms with Crippen molar-refractivity contribution >= 4 is 39.4 Å². The van der Waals surface area contributed by atoms with E-state index in [2.05, 4.69) is 21.3 Å². The molecule has 5 rings (SSSR count). The standard InChI is InChI=1S/C26H26N4O2.C2HF3O2/c1-18(27-25(31)21-11-10-19-6-2-3-7-20(19)16-21)17-29-14-12-22(13-15-29)30-24-9-5-4-8-23(24)28-26(30)32;3-2(4,5)1(6)7/h2-12,16,18H,13-15,17H2,1H3,(H,27,31)(H,28,32);(H,6,7)/t18-;/m1./s1. The second-order valence-electron chi connectivity index (χ2n) is 9.23. The van der Waals surface area contributed by atoms with E-state index in [4.69, 9.17) is 9.90 Å². The molecular weight excluding hydrogens is 513 g/mol. The summed E-state index contributed by atoms with van der Waals surface area (Å²) in [6.45, 7) is 4.37. The van der Waals surface area contributed by atoms with Gasteiger partial charge in [-0.2, -0.15) is 13.2 Å². The minimum absolute atomic E-state index is 0.0136. The van der Waals surface area contributed by atoms with Crippen LogP contribution >= 0.6 is 0 Å². The number of nitrogens with zero attached hydrogens (tertiary/aromatic N) is 2. The highest BCUT2D eigenvalue weighted by Crippen LogP contribution is 2.20. The topological polar surface area (TPSA) is 107 Å². The minimum Gasteiger partial charge on any atom is -0.475 e. The normalized spacial score (nSPS) is 14.8. The first-order chi connectivity index (χ1) is 18.5. The Morgan fingerprint density at radius 2 is 1.72 bits per heavy atom. The average molecular weight is 541 g/mol. The van der Waals surface area contributed by atoms with Gasteiger partial charge >= 0.3 is 17.8 Å². The molecule has 0 radical (unpaired) electrons. The number of fused-ring (bicyclic) bond motifs is 2. The Kier molecular flexibility index (Phi) is 8.20. The number of hydrogen-bond donors (Lipinski definition) is 3. The second kappa shape index (κ2) is 11.6. The van der Waals surface area contributed by atoms with Crippen LogP contribution in [0.4, 0.5) is 13.2 Å². The van der Waals surface area contributed by atoms with Gasteiger partial charge in [0.05, 0.1) is 11.0 Å². The first-order valence-corrected chi connectivity index (χ1v) is 12.2. The molecule has 11 heteroatoms. The van der Waals surface area contributed by atoms with E-state index >= 15 is 0 Å². The number of halogens is 3. The van der Waals surface area contributed by atoms with Gasteiger partial charge in [-0.05, 0) is 42.0 Å². The molecule has 204 valence electrons. The number of carboxylic acids is 1. The van der Waals surface area contributed by atoms with Gasteiger partial charge in [-0.1, -0.05) is 48.5 Å². The number of aromatic amines is 1. The second-order valence-corrected chi connectivity index (χ2v) is 9.23. The molecule has 3 N–H and O–H groups in total. The number of alkyl halides is 3. The van der Waals surface area contributed by atoms with Crippen LogP contribution in [-0.2, 0) is 4.79 Å². The predicted molar refractivity (Wildman–Crippen MR) is 142 cm³/mol. The number of carbonyl (C=O) groups is 2. The number of hydrogen-bond acceptors (Lipinski definition) is 4. The maximum atomic E-state index is 12.7. The van der Waals surface area contributed by atoms with Gasteiger partial charge in [0.2, 0.25) is 0 Å². The van der Waals surface area contributed by atoms with Crippen molar-refractivity contribution in [3.05, 3.63) is 88.9 Å². The molecule has 0 aliphatic carbocycles. The van der Waals surface area contributed by atoms with E-state index in [1.807, 2.05) is 73.7 Å². The molecule has 1 aliphatic heterocycles. The molecular formula is C28H27F3N4O4. The van der Waals surface area contributed by atoms with Crippen LogP contribution in [0.1, 0.15) is 23.7 Å². The lowest BCUT2D eigenvalue weighted by atomic mass is 10.1. The minimum atomic E-state index is -5.08. The van der Waals surface area contributed by atoms with E-state index in [9.17, 15) is 22.8 Å². The first kappa shape index (κ1) is 27.6. The number of nitrogens with one attached hydrogen (secondary N) is 2. The highest BCUT2D eigenvalue weighted by molar-refractivity contribution is 5.98. The molecule has 1 atom stereocenters. The molecule has 0 spiro atoms. The Labute approximate surface area is 221 Å². The number of rotatable bonds is 5. The summed E-state index contributed by atoms with van der Waals surface area (Å²) >= 11 is 0. The Bertz CT molecular complexity index is 1590. The van der Waals surface area contributed by atoms with Crippen molar-refractivity contribution in [2.45, 2.75) is 25.6 Å². The van der Waals surface area contributed by atoms with Crippen LogP contribution in [0.3, 0.4) is 0 Å². The van der Waals surface area contributed by atoms with E-state index in [0.29, 0.717) is 5.56 Å². The number of amides is 1. The summed E-state index contributed by atoms with van der Waals surface area (Å²) < 4.78 is 33.5. The van der Waals surface area contributed by atoms with E-state index in [1.54, 1.807) is 4.57 Å². The summed E-state index contributed by atoms with van der Waals surface area (Å²) in [5.41, 5.74) is 3.37. The Hall–Kier alpha value is -4.38. The molecule has 0 bridgehead atoms. The molecule has 1 amide bonds. The molecule has 0 saturated carbocycles. The third kappa shape index (κ3) is 6.74. The Morgan fingerprint density at radius 3 is 2.38 bits per heavy atom. The molecule has 8 nitrogen and oxygen atoms in total. The van der Waals surface area contributed by atoms with Gasteiger partial charge in [0.25, 0.3) is 5.91 Å². The maximum Gasteiger partial charge on any atom is 0.490 e. The summed E-state index contributed by atoms with van der Waals surface area (Å²) in [5, 5.41) is 12.4. The zero-order valence-electron chi connectivity index (χ0n) is 21.0. The van der Waals surface area contributed by atoms with Gasteiger partial charge in [-0.15, -0.1) is 0 Å². The van der Waals surface area contributed by atoms with Crippen molar-refractivity contribution in [3.8, 4) is 0 Å². The third-order valence-electron chi connectivity index (χ3n) is 6.31. The largest absolute Gasteiger partial charge is 0.490 e. The SMILES string of the molecule is C[C@H](CN1CC=C(n2c(=O)[nH]c3ccccc32)CC1)NC(=O)c1ccc2ccccc2c1.O=C(O)C(F)(F)F. The third-order valence-corrected chi connectivity index (χ3v) is 6.31. The van der Waals surface area contributed by atoms with Crippen molar-refractivity contribution in [2.75, 3.05) is 19.6 Å². The molecule has 1 aromatic heterocycles. The lowest BCUT2D eigenvalue weighted by molar-refractivity contribution is -0.192. The van der Waals surface area contributed by atoms with Crippen LogP contribution < -0.4 is 11.0 Å². The lowest BCUT2D eigenvalue weighted by Crippen LogP contribution is -2.43. The summed E-state index contributed by atoms with van der Waals surface area (Å²) in [4.78, 5) is 39.3. The van der Waals surface area contributed by atoms with Crippen LogP contribution in [0.15, 0.2) is 77.6 Å². The summed E-state index contributed by atoms with van der Waals surface area (Å²) in [7, 11) is 0. The van der Waals surface area contributed by atoms with Crippen LogP contribution in [0, 0.1) is 0 Å². The van der Waals surface area contributed by atoms with Gasteiger partial charge in [0.1, 0.15) is 0 Å². The molecule has 39 heavy (non-hydrogen) atoms. The quantitative estimate of drug-likeness (QED) is 0.346. The van der Waals surface area contributed by atoms with Crippen molar-refractivity contribution in [3.63, 3.8) is 0 Å². The predicted octanol–water partition coefficient (Wildman–Crippen LogP) is 4.48. The maximum absolute atomic E-state index is 12.7. The fraction of sp³-hybridized carbons (Fsp3) is 0.250. The van der Waals surface area contributed by atoms with Gasteiger partial charge in [-0.3, -0.25) is 14.3 Å². The van der Waals surface area contributed by atoms with E-state index < -0.39 is 12.1 Å². The fourth-order valence-corrected chi connectivity index (χ4v) is 4.48. The van der Waals surface area contributed by atoms with Crippen LogP contribution in [0.2, 0.25) is 0 Å². The molecule has 1 aliphatic rings. The van der Waals surface area contributed by atoms with Crippen molar-refractivity contribution in [2.24, 2.45) is 0 Å². The summed E-state index contributed by atoms with van der Waals surface area (Å²) in [5.74, 6) is -2.81. The lowest BCUT2D eigenvalue weighted by Gasteiger charge is -2.29. The number of carbonyl (C=O) groups excluding carboxylic acids is 1. The monoisotopic (exact) mass is 540 g/mol. The highest BCUT2D eigenvalue weighted by atomic mass is 19.4. The molecule has 0 fully saturated rings. The van der Waals surface area contributed by atoms with Crippen molar-refractivity contribution in [1.82, 2.24) is 19.8 Å². The van der Waals surface area contributed by atoms with Gasteiger partial charge in [0, 0.05) is 43.4 Å². The Morgan fingerprint density at radius 1 is 1.05 bits per heavy atom. The van der Waals surface area contributed by atoms with Crippen LogP contribution in [0.5, 0.6) is 0 Å². The molecule has 3 aromatic carbocycles. The number of benzene rings is 3. The zero-order valence-corrected chi connectivity index (χ0v) is 21.0. The van der Waals surface area contributed by atoms with E-state index in [-0.39, 0.29) is 17.6 Å². The highest BCUT2D eigenvalue weighted by Gasteiger charge is 2.38. The van der Waals surface area contributed by atoms with Crippen molar-refractivity contribution < 1.29 is 27.9 Å². The molecule has 0 unspecified atom stereocenters. The first-order valence-electron chi connectivity index (χ1n) is 12.2. The smallest absolute Gasteiger partial charge is 0.475 e. The average Bonchev–Trinajstić information content (AvgIpc) is 3.24.